The number of nitrogens with one attached hydrogen (secondary N) is 1. The average molecular weight is 354 g/mol. The molecule has 4 nitrogen and oxygen atoms in total. The van der Waals surface area contributed by atoms with Gasteiger partial charge in [0, 0.05) is 38.3 Å². The lowest BCUT2D eigenvalue weighted by Gasteiger charge is -2.46. The number of amides is 1. The third kappa shape index (κ3) is 2.97. The second-order valence-electron chi connectivity index (χ2n) is 9.07. The lowest BCUT2D eigenvalue weighted by Crippen LogP contribution is -2.55. The molecule has 1 aromatic carbocycles. The van der Waals surface area contributed by atoms with Crippen molar-refractivity contribution in [3.8, 4) is 0 Å². The summed E-state index contributed by atoms with van der Waals surface area (Å²) in [4.78, 5) is 17.2. The summed E-state index contributed by atoms with van der Waals surface area (Å²) in [5.74, 6) is 0.355. The van der Waals surface area contributed by atoms with Crippen molar-refractivity contribution >= 4 is 5.91 Å². The number of carbonyl (C=O) groups is 1. The molecule has 1 N–H and O–H groups in total. The van der Waals surface area contributed by atoms with E-state index in [1.165, 1.54) is 36.8 Å². The maximum absolute atomic E-state index is 12.7. The third-order valence-electron chi connectivity index (χ3n) is 7.59. The van der Waals surface area contributed by atoms with Crippen LogP contribution in [0.25, 0.3) is 0 Å². The summed E-state index contributed by atoms with van der Waals surface area (Å²) in [5.41, 5.74) is 3.80. The van der Waals surface area contributed by atoms with E-state index in [-0.39, 0.29) is 5.54 Å². The van der Waals surface area contributed by atoms with E-state index < -0.39 is 0 Å². The number of hydrogen-bond donors (Lipinski definition) is 1. The minimum atomic E-state index is 0.137. The molecule has 4 heteroatoms. The number of hydrogen-bond acceptors (Lipinski definition) is 3. The highest BCUT2D eigenvalue weighted by Gasteiger charge is 2.45. The molecule has 1 aliphatic carbocycles. The molecule has 0 aromatic heterocycles. The molecule has 1 amide bonds. The first-order chi connectivity index (χ1) is 12.7. The van der Waals surface area contributed by atoms with Crippen LogP contribution in [0.1, 0.15) is 49.7 Å². The molecule has 2 spiro atoms. The van der Waals surface area contributed by atoms with E-state index in [1.54, 1.807) is 0 Å². The largest absolute Gasteiger partial charge is 0.342 e. The molecular weight excluding hydrogens is 322 g/mol. The molecule has 2 saturated heterocycles. The SMILES string of the molecule is O=C(CN1CCC2(CC1)NCCc1ccccc12)N1CCC2(CC1)CC2. The van der Waals surface area contributed by atoms with Crippen molar-refractivity contribution in [3.05, 3.63) is 35.4 Å². The van der Waals surface area contributed by atoms with Crippen LogP contribution < -0.4 is 5.32 Å². The molecule has 1 aromatic rings. The van der Waals surface area contributed by atoms with Crippen LogP contribution in [0.2, 0.25) is 0 Å². The van der Waals surface area contributed by atoms with Gasteiger partial charge in [0.05, 0.1) is 6.54 Å². The topological polar surface area (TPSA) is 35.6 Å². The first kappa shape index (κ1) is 16.8. The Kier molecular flexibility index (Phi) is 4.09. The van der Waals surface area contributed by atoms with Crippen LogP contribution in [0.15, 0.2) is 24.3 Å². The highest BCUT2D eigenvalue weighted by molar-refractivity contribution is 5.78. The Morgan fingerprint density at radius 1 is 0.962 bits per heavy atom. The van der Waals surface area contributed by atoms with Gasteiger partial charge in [-0.1, -0.05) is 24.3 Å². The zero-order valence-electron chi connectivity index (χ0n) is 15.8. The van der Waals surface area contributed by atoms with E-state index in [1.807, 2.05) is 0 Å². The molecule has 5 rings (SSSR count). The summed E-state index contributed by atoms with van der Waals surface area (Å²) >= 11 is 0. The summed E-state index contributed by atoms with van der Waals surface area (Å²) in [6, 6.07) is 8.93. The van der Waals surface area contributed by atoms with Gasteiger partial charge in [0.1, 0.15) is 0 Å². The van der Waals surface area contributed by atoms with E-state index in [0.29, 0.717) is 17.9 Å². The molecule has 0 bridgehead atoms. The zero-order chi connectivity index (χ0) is 17.6. The number of piperidine rings is 2. The lowest BCUT2D eigenvalue weighted by molar-refractivity contribution is -0.134. The Morgan fingerprint density at radius 2 is 1.69 bits per heavy atom. The molecule has 0 radical (unpaired) electrons. The van der Waals surface area contributed by atoms with Gasteiger partial charge in [0.25, 0.3) is 0 Å². The minimum Gasteiger partial charge on any atom is -0.342 e. The smallest absolute Gasteiger partial charge is 0.236 e. The maximum Gasteiger partial charge on any atom is 0.236 e. The fourth-order valence-corrected chi connectivity index (χ4v) is 5.47. The van der Waals surface area contributed by atoms with Crippen LogP contribution in [0.3, 0.4) is 0 Å². The first-order valence-corrected chi connectivity index (χ1v) is 10.5. The van der Waals surface area contributed by atoms with E-state index in [4.69, 9.17) is 0 Å². The van der Waals surface area contributed by atoms with Crippen molar-refractivity contribution in [3.63, 3.8) is 0 Å². The average Bonchev–Trinajstić information content (AvgIpc) is 3.43. The van der Waals surface area contributed by atoms with Crippen LogP contribution in [0.5, 0.6) is 0 Å². The van der Waals surface area contributed by atoms with Crippen LogP contribution >= 0.6 is 0 Å². The third-order valence-corrected chi connectivity index (χ3v) is 7.59. The van der Waals surface area contributed by atoms with E-state index in [0.717, 1.165) is 52.0 Å². The van der Waals surface area contributed by atoms with Crippen LogP contribution in [0.4, 0.5) is 0 Å². The number of benzene rings is 1. The molecule has 4 aliphatic rings. The lowest BCUT2D eigenvalue weighted by atomic mass is 9.76. The summed E-state index contributed by atoms with van der Waals surface area (Å²) in [6.07, 6.45) is 8.64. The van der Waals surface area contributed by atoms with E-state index in [9.17, 15) is 4.79 Å². The fraction of sp³-hybridized carbons (Fsp3) is 0.682. The van der Waals surface area contributed by atoms with Crippen molar-refractivity contribution < 1.29 is 4.79 Å². The van der Waals surface area contributed by atoms with E-state index in [2.05, 4.69) is 39.4 Å². The van der Waals surface area contributed by atoms with Gasteiger partial charge in [-0.05, 0) is 61.5 Å². The number of nitrogens with zero attached hydrogens (tertiary/aromatic N) is 2. The molecule has 26 heavy (non-hydrogen) atoms. The molecular formula is C22H31N3O. The zero-order valence-corrected chi connectivity index (χ0v) is 15.8. The highest BCUT2D eigenvalue weighted by atomic mass is 16.2. The normalized spacial score (nSPS) is 26.7. The van der Waals surface area contributed by atoms with Crippen LogP contribution in [0, 0.1) is 5.41 Å². The number of carbonyl (C=O) groups excluding carboxylic acids is 1. The first-order valence-electron chi connectivity index (χ1n) is 10.5. The van der Waals surface area contributed by atoms with Gasteiger partial charge >= 0.3 is 0 Å². The second kappa shape index (κ2) is 6.35. The van der Waals surface area contributed by atoms with Crippen molar-refractivity contribution in [2.75, 3.05) is 39.3 Å². The van der Waals surface area contributed by atoms with Gasteiger partial charge in [-0.2, -0.15) is 0 Å². The van der Waals surface area contributed by atoms with Crippen molar-refractivity contribution in [1.29, 1.82) is 0 Å². The van der Waals surface area contributed by atoms with Gasteiger partial charge in [0.2, 0.25) is 5.91 Å². The van der Waals surface area contributed by atoms with Gasteiger partial charge in [-0.3, -0.25) is 9.69 Å². The molecule has 0 unspecified atom stereocenters. The molecule has 3 aliphatic heterocycles. The van der Waals surface area contributed by atoms with Gasteiger partial charge in [-0.25, -0.2) is 0 Å². The van der Waals surface area contributed by atoms with E-state index >= 15 is 0 Å². The maximum atomic E-state index is 12.7. The summed E-state index contributed by atoms with van der Waals surface area (Å²) in [5, 5.41) is 3.82. The van der Waals surface area contributed by atoms with Gasteiger partial charge in [-0.15, -0.1) is 0 Å². The highest BCUT2D eigenvalue weighted by Crippen LogP contribution is 2.53. The van der Waals surface area contributed by atoms with Crippen molar-refractivity contribution in [2.24, 2.45) is 5.41 Å². The summed E-state index contributed by atoms with van der Waals surface area (Å²) < 4.78 is 0. The summed E-state index contributed by atoms with van der Waals surface area (Å²) in [6.45, 7) is 5.71. The van der Waals surface area contributed by atoms with Crippen molar-refractivity contribution in [2.45, 2.75) is 50.5 Å². The van der Waals surface area contributed by atoms with Gasteiger partial charge < -0.3 is 10.2 Å². The number of rotatable bonds is 2. The van der Waals surface area contributed by atoms with Gasteiger partial charge in [0.15, 0.2) is 0 Å². The van der Waals surface area contributed by atoms with Crippen LogP contribution in [-0.4, -0.2) is 55.0 Å². The standard InChI is InChI=1S/C22H31N3O/c26-20(25-15-8-21(6-7-21)9-16-25)17-24-13-10-22(11-14-24)19-4-2-1-3-18(19)5-12-23-22/h1-4,23H,5-17H2. The Morgan fingerprint density at radius 3 is 2.42 bits per heavy atom. The molecule has 3 fully saturated rings. The Balaban J connectivity index is 1.18. The molecule has 1 saturated carbocycles. The van der Waals surface area contributed by atoms with Crippen LogP contribution in [-0.2, 0) is 16.8 Å². The number of likely N-dealkylation sites (tertiary alicyclic amines) is 2. The quantitative estimate of drug-likeness (QED) is 0.887. The molecule has 3 heterocycles. The second-order valence-corrected chi connectivity index (χ2v) is 9.07. The predicted molar refractivity (Wildman–Crippen MR) is 103 cm³/mol. The Hall–Kier alpha value is -1.39. The number of fused-ring (bicyclic) bond motifs is 2. The monoisotopic (exact) mass is 353 g/mol. The summed E-state index contributed by atoms with van der Waals surface area (Å²) in [7, 11) is 0. The van der Waals surface area contributed by atoms with Crippen molar-refractivity contribution in [1.82, 2.24) is 15.1 Å². The minimum absolute atomic E-state index is 0.137. The Bertz CT molecular complexity index is 678. The molecule has 0 atom stereocenters. The molecule has 140 valence electrons. The fourth-order valence-electron chi connectivity index (χ4n) is 5.47. The Labute approximate surface area is 156 Å². The predicted octanol–water partition coefficient (Wildman–Crippen LogP) is 2.53.